The summed E-state index contributed by atoms with van der Waals surface area (Å²) in [6, 6.07) is 0. The molecule has 0 atom stereocenters. The van der Waals surface area contributed by atoms with Crippen LogP contribution in [-0.4, -0.2) is 13.1 Å². The van der Waals surface area contributed by atoms with Crippen molar-refractivity contribution >= 4 is 0 Å². The van der Waals surface area contributed by atoms with Gasteiger partial charge in [0.2, 0.25) is 0 Å². The fourth-order valence-electron chi connectivity index (χ4n) is 2.10. The van der Waals surface area contributed by atoms with E-state index in [1.54, 1.807) is 0 Å². The molecule has 0 amide bonds. The highest BCUT2D eigenvalue weighted by atomic mass is 15.1. The maximum Gasteiger partial charge on any atom is 0.0598 e. The maximum atomic E-state index is 4.21. The van der Waals surface area contributed by atoms with Crippen molar-refractivity contribution in [2.45, 2.75) is 70.6 Å². The van der Waals surface area contributed by atoms with Crippen molar-refractivity contribution in [2.75, 3.05) is 13.1 Å². The van der Waals surface area contributed by atoms with Crippen molar-refractivity contribution in [1.82, 2.24) is 0 Å². The van der Waals surface area contributed by atoms with Gasteiger partial charge in [-0.05, 0) is 12.8 Å². The van der Waals surface area contributed by atoms with Crippen LogP contribution < -0.4 is 0 Å². The van der Waals surface area contributed by atoms with Crippen molar-refractivity contribution in [3.8, 4) is 0 Å². The Bertz CT molecular complexity index is 139. The Hall–Kier alpha value is -0.400. The molecule has 0 aromatic heterocycles. The van der Waals surface area contributed by atoms with Crippen LogP contribution in [0.1, 0.15) is 70.6 Å². The molecule has 0 saturated heterocycles. The van der Waals surface area contributed by atoms with E-state index in [9.17, 15) is 0 Å². The highest BCUT2D eigenvalue weighted by molar-refractivity contribution is 4.51. The molecule has 0 aromatic rings. The second-order valence-electron chi connectivity index (χ2n) is 4.62. The van der Waals surface area contributed by atoms with E-state index in [2.05, 4.69) is 10.2 Å². The average Bonchev–Trinajstić information content (AvgIpc) is 2.27. The highest BCUT2D eigenvalue weighted by Gasteiger charge is 1.94. The van der Waals surface area contributed by atoms with Crippen LogP contribution in [0.4, 0.5) is 0 Å². The van der Waals surface area contributed by atoms with Gasteiger partial charge in [-0.25, -0.2) is 0 Å². The van der Waals surface area contributed by atoms with Crippen molar-refractivity contribution in [2.24, 2.45) is 10.2 Å². The number of azo groups is 1. The summed E-state index contributed by atoms with van der Waals surface area (Å²) in [4.78, 5) is 0. The molecule has 0 saturated carbocycles. The molecule has 0 aromatic carbocycles. The molecule has 1 aliphatic heterocycles. The first-order chi connectivity index (χ1) is 7.50. The van der Waals surface area contributed by atoms with E-state index in [4.69, 9.17) is 0 Å². The van der Waals surface area contributed by atoms with Gasteiger partial charge in [0.05, 0.1) is 13.1 Å². The lowest BCUT2D eigenvalue weighted by molar-refractivity contribution is 0.552. The minimum absolute atomic E-state index is 0.958. The van der Waals surface area contributed by atoms with Gasteiger partial charge in [-0.15, -0.1) is 0 Å². The van der Waals surface area contributed by atoms with Gasteiger partial charge >= 0.3 is 0 Å². The highest BCUT2D eigenvalue weighted by Crippen LogP contribution is 2.11. The van der Waals surface area contributed by atoms with E-state index in [-0.39, 0.29) is 0 Å². The van der Waals surface area contributed by atoms with Crippen LogP contribution in [-0.2, 0) is 0 Å². The first-order valence-corrected chi connectivity index (χ1v) is 6.83. The molecule has 1 heterocycles. The Morgan fingerprint density at radius 3 is 0.933 bits per heavy atom. The quantitative estimate of drug-likeness (QED) is 0.551. The Morgan fingerprint density at radius 1 is 0.333 bits per heavy atom. The third-order valence-electron chi connectivity index (χ3n) is 3.12. The predicted octanol–water partition coefficient (Wildman–Crippen LogP) is 4.74. The molecule has 15 heavy (non-hydrogen) atoms. The lowest BCUT2D eigenvalue weighted by Gasteiger charge is -2.01. The molecular formula is C13H26N2. The lowest BCUT2D eigenvalue weighted by atomic mass is 10.1. The monoisotopic (exact) mass is 210 g/mol. The van der Waals surface area contributed by atoms with E-state index in [0.717, 1.165) is 13.1 Å². The van der Waals surface area contributed by atoms with Crippen LogP contribution in [0.3, 0.4) is 0 Å². The van der Waals surface area contributed by atoms with Crippen molar-refractivity contribution in [3.05, 3.63) is 0 Å². The summed E-state index contributed by atoms with van der Waals surface area (Å²) in [5.41, 5.74) is 0. The van der Waals surface area contributed by atoms with Gasteiger partial charge in [0.1, 0.15) is 0 Å². The Morgan fingerprint density at radius 2 is 0.600 bits per heavy atom. The van der Waals surface area contributed by atoms with Crippen LogP contribution >= 0.6 is 0 Å². The summed E-state index contributed by atoms with van der Waals surface area (Å²) in [7, 11) is 0. The average molecular weight is 210 g/mol. The van der Waals surface area contributed by atoms with Crippen LogP contribution in [0.5, 0.6) is 0 Å². The van der Waals surface area contributed by atoms with E-state index >= 15 is 0 Å². The minimum Gasteiger partial charge on any atom is -0.194 e. The zero-order chi connectivity index (χ0) is 10.6. The first-order valence-electron chi connectivity index (χ1n) is 6.83. The molecule has 0 N–H and O–H groups in total. The standard InChI is InChI=1S/C13H26N2/c1-2-4-6-8-10-12-14-15-13-11-9-7-5-3-1/h1-13H2. The molecule has 0 fully saturated rings. The number of rotatable bonds is 0. The van der Waals surface area contributed by atoms with E-state index < -0.39 is 0 Å². The van der Waals surface area contributed by atoms with Gasteiger partial charge in [0, 0.05) is 0 Å². The van der Waals surface area contributed by atoms with Gasteiger partial charge in [-0.2, -0.15) is 10.2 Å². The van der Waals surface area contributed by atoms with Gasteiger partial charge in [-0.1, -0.05) is 57.8 Å². The summed E-state index contributed by atoms with van der Waals surface area (Å²) in [6.45, 7) is 1.92. The molecule has 88 valence electrons. The molecule has 0 aliphatic carbocycles. The van der Waals surface area contributed by atoms with Crippen LogP contribution in [0, 0.1) is 0 Å². The molecule has 0 bridgehead atoms. The molecule has 1 aliphatic rings. The Balaban J connectivity index is 2.08. The van der Waals surface area contributed by atoms with Crippen LogP contribution in [0.15, 0.2) is 10.2 Å². The fraction of sp³-hybridized carbons (Fsp3) is 1.00. The number of hydrogen-bond donors (Lipinski definition) is 0. The zero-order valence-electron chi connectivity index (χ0n) is 10.1. The van der Waals surface area contributed by atoms with Crippen molar-refractivity contribution in [3.63, 3.8) is 0 Å². The van der Waals surface area contributed by atoms with E-state index in [1.165, 1.54) is 70.6 Å². The SMILES string of the molecule is C1CCCCCCN=NCCCCCC1. The van der Waals surface area contributed by atoms with Crippen molar-refractivity contribution < 1.29 is 0 Å². The molecule has 0 unspecified atom stereocenters. The van der Waals surface area contributed by atoms with E-state index in [0.29, 0.717) is 0 Å². The number of nitrogens with zero attached hydrogens (tertiary/aromatic N) is 2. The Labute approximate surface area is 94.6 Å². The molecule has 0 radical (unpaired) electrons. The molecule has 1 rings (SSSR count). The normalized spacial score (nSPS) is 22.9. The molecule has 0 spiro atoms. The van der Waals surface area contributed by atoms with E-state index in [1.807, 2.05) is 0 Å². The second-order valence-corrected chi connectivity index (χ2v) is 4.62. The third-order valence-corrected chi connectivity index (χ3v) is 3.12. The van der Waals surface area contributed by atoms with Gasteiger partial charge in [-0.3, -0.25) is 0 Å². The largest absolute Gasteiger partial charge is 0.194 e. The first kappa shape index (κ1) is 12.7. The summed E-state index contributed by atoms with van der Waals surface area (Å²) in [6.07, 6.45) is 15.2. The van der Waals surface area contributed by atoms with Gasteiger partial charge < -0.3 is 0 Å². The van der Waals surface area contributed by atoms with Crippen molar-refractivity contribution in [1.29, 1.82) is 0 Å². The van der Waals surface area contributed by atoms with Crippen LogP contribution in [0.2, 0.25) is 0 Å². The topological polar surface area (TPSA) is 24.7 Å². The third kappa shape index (κ3) is 8.59. The fourth-order valence-corrected chi connectivity index (χ4v) is 2.10. The second kappa shape index (κ2) is 10.1. The Kier molecular flexibility index (Phi) is 8.55. The zero-order valence-corrected chi connectivity index (χ0v) is 10.1. The van der Waals surface area contributed by atoms with Gasteiger partial charge in [0.15, 0.2) is 0 Å². The smallest absolute Gasteiger partial charge is 0.0598 e. The molecule has 2 heteroatoms. The maximum absolute atomic E-state index is 4.21. The van der Waals surface area contributed by atoms with Crippen LogP contribution in [0.25, 0.3) is 0 Å². The summed E-state index contributed by atoms with van der Waals surface area (Å²) in [5.74, 6) is 0. The molecular weight excluding hydrogens is 184 g/mol. The predicted molar refractivity (Wildman–Crippen MR) is 65.4 cm³/mol. The lowest BCUT2D eigenvalue weighted by Crippen LogP contribution is -1.83. The summed E-state index contributed by atoms with van der Waals surface area (Å²) in [5, 5.41) is 8.41. The number of hydrogen-bond acceptors (Lipinski definition) is 2. The molecule has 2 nitrogen and oxygen atoms in total. The summed E-state index contributed by atoms with van der Waals surface area (Å²) < 4.78 is 0. The van der Waals surface area contributed by atoms with Gasteiger partial charge in [0.25, 0.3) is 0 Å². The minimum atomic E-state index is 0.958. The summed E-state index contributed by atoms with van der Waals surface area (Å²) >= 11 is 0.